The van der Waals surface area contributed by atoms with Crippen LogP contribution in [0.15, 0.2) is 24.3 Å². The van der Waals surface area contributed by atoms with Crippen LogP contribution < -0.4 is 4.74 Å². The second-order valence-corrected chi connectivity index (χ2v) is 11.3. The molecule has 6 rings (SSSR count). The molecule has 11 nitrogen and oxygen atoms in total. The summed E-state index contributed by atoms with van der Waals surface area (Å²) in [7, 11) is 4.56. The minimum atomic E-state index is -1.75. The Morgan fingerprint density at radius 1 is 0.976 bits per heavy atom. The number of aromatic hydroxyl groups is 2. The fourth-order valence-electron chi connectivity index (χ4n) is 6.59. The van der Waals surface area contributed by atoms with Crippen molar-refractivity contribution in [3.8, 4) is 17.2 Å². The Balaban J connectivity index is 1.65. The molecular formula is C30H29NO10. The summed E-state index contributed by atoms with van der Waals surface area (Å²) < 4.78 is 17.2. The first kappa shape index (κ1) is 27.2. The van der Waals surface area contributed by atoms with Crippen LogP contribution in [0.3, 0.4) is 0 Å². The lowest BCUT2D eigenvalue weighted by Crippen LogP contribution is -2.73. The third kappa shape index (κ3) is 3.31. The van der Waals surface area contributed by atoms with Gasteiger partial charge in [-0.15, -0.1) is 0 Å². The number of hydrogen-bond donors (Lipinski definition) is 4. The van der Waals surface area contributed by atoms with E-state index in [9.17, 15) is 34.8 Å². The molecule has 1 saturated heterocycles. The Kier molecular flexibility index (Phi) is 5.62. The van der Waals surface area contributed by atoms with Gasteiger partial charge in [0.05, 0.1) is 35.4 Å². The number of nitrogens with zero attached hydrogens (tertiary/aromatic N) is 1. The van der Waals surface area contributed by atoms with Crippen LogP contribution in [-0.2, 0) is 15.1 Å². The minimum Gasteiger partial charge on any atom is -0.507 e. The highest BCUT2D eigenvalue weighted by Gasteiger charge is 2.64. The maximum absolute atomic E-state index is 14.2. The summed E-state index contributed by atoms with van der Waals surface area (Å²) in [6.07, 6.45) is -2.71. The number of ketones is 2. The third-order valence-electron chi connectivity index (χ3n) is 8.68. The van der Waals surface area contributed by atoms with Gasteiger partial charge in [-0.25, -0.2) is 4.79 Å². The molecule has 0 spiro atoms. The van der Waals surface area contributed by atoms with Gasteiger partial charge in [0.2, 0.25) is 11.6 Å². The first-order valence-electron chi connectivity index (χ1n) is 13.0. The van der Waals surface area contributed by atoms with Gasteiger partial charge in [-0.3, -0.25) is 9.59 Å². The van der Waals surface area contributed by atoms with Crippen LogP contribution in [0.2, 0.25) is 0 Å². The number of methoxy groups -OCH3 is 1. The molecule has 0 aromatic heterocycles. The van der Waals surface area contributed by atoms with E-state index in [4.69, 9.17) is 14.2 Å². The highest BCUT2D eigenvalue weighted by Crippen LogP contribution is 2.56. The van der Waals surface area contributed by atoms with E-state index in [0.717, 1.165) is 0 Å². The van der Waals surface area contributed by atoms with Gasteiger partial charge in [-0.2, -0.15) is 0 Å². The number of phenols is 2. The second kappa shape index (κ2) is 8.49. The largest absolute Gasteiger partial charge is 0.507 e. The van der Waals surface area contributed by atoms with E-state index in [2.05, 4.69) is 0 Å². The average Bonchev–Trinajstić information content (AvgIpc) is 2.90. The Bertz CT molecular complexity index is 1730. The zero-order valence-electron chi connectivity index (χ0n) is 23.2. The lowest BCUT2D eigenvalue weighted by Gasteiger charge is -2.58. The third-order valence-corrected chi connectivity index (χ3v) is 8.68. The molecule has 0 saturated carbocycles. The molecule has 3 aromatic carbocycles. The molecule has 5 atom stereocenters. The molecule has 214 valence electrons. The number of aryl methyl sites for hydroxylation is 1. The van der Waals surface area contributed by atoms with Gasteiger partial charge in [0.15, 0.2) is 5.78 Å². The van der Waals surface area contributed by atoms with E-state index < -0.39 is 64.2 Å². The van der Waals surface area contributed by atoms with E-state index >= 15 is 0 Å². The van der Waals surface area contributed by atoms with Crippen molar-refractivity contribution >= 4 is 28.3 Å². The number of likely N-dealkylation sites (N-methyl/N-ethyl adjacent to an activating group) is 1. The van der Waals surface area contributed by atoms with Crippen molar-refractivity contribution < 1.29 is 49.0 Å². The van der Waals surface area contributed by atoms with E-state index in [1.807, 2.05) is 0 Å². The molecule has 3 aromatic rings. The van der Waals surface area contributed by atoms with Crippen LogP contribution in [0.4, 0.5) is 0 Å². The van der Waals surface area contributed by atoms with Crippen molar-refractivity contribution in [2.45, 2.75) is 50.4 Å². The summed E-state index contributed by atoms with van der Waals surface area (Å²) in [6, 6.07) is 4.82. The van der Waals surface area contributed by atoms with E-state index in [1.54, 1.807) is 38.9 Å². The summed E-state index contributed by atoms with van der Waals surface area (Å²) >= 11 is 0. The van der Waals surface area contributed by atoms with E-state index in [-0.39, 0.29) is 44.3 Å². The van der Waals surface area contributed by atoms with Crippen molar-refractivity contribution in [2.24, 2.45) is 0 Å². The first-order chi connectivity index (χ1) is 19.2. The zero-order chi connectivity index (χ0) is 29.9. The summed E-state index contributed by atoms with van der Waals surface area (Å²) in [5, 5.41) is 45.3. The van der Waals surface area contributed by atoms with Crippen LogP contribution >= 0.6 is 0 Å². The molecule has 0 radical (unpaired) electrons. The first-order valence-corrected chi connectivity index (χ1v) is 13.0. The normalized spacial score (nSPS) is 28.2. The molecular weight excluding hydrogens is 534 g/mol. The van der Waals surface area contributed by atoms with Crippen LogP contribution in [0.1, 0.15) is 67.2 Å². The number of phenolic OH excluding ortho intramolecular Hbond substituents is 2. The van der Waals surface area contributed by atoms with Gasteiger partial charge in [0.1, 0.15) is 35.1 Å². The monoisotopic (exact) mass is 563 g/mol. The summed E-state index contributed by atoms with van der Waals surface area (Å²) in [4.78, 5) is 42.4. The van der Waals surface area contributed by atoms with Gasteiger partial charge in [0.25, 0.3) is 0 Å². The van der Waals surface area contributed by atoms with Crippen LogP contribution in [0, 0.1) is 6.92 Å². The van der Waals surface area contributed by atoms with Crippen molar-refractivity contribution in [1.29, 1.82) is 0 Å². The number of esters is 1. The van der Waals surface area contributed by atoms with Gasteiger partial charge in [-0.05, 0) is 45.6 Å². The molecule has 4 N–H and O–H groups in total. The predicted molar refractivity (Wildman–Crippen MR) is 144 cm³/mol. The van der Waals surface area contributed by atoms with Gasteiger partial charge >= 0.3 is 5.97 Å². The van der Waals surface area contributed by atoms with Gasteiger partial charge in [-0.1, -0.05) is 12.1 Å². The number of hydrogen-bond acceptors (Lipinski definition) is 11. The number of fused-ring (bicyclic) bond motifs is 8. The lowest BCUT2D eigenvalue weighted by atomic mass is 9.73. The fraction of sp³-hybridized carbons (Fsp3) is 0.367. The molecule has 2 bridgehead atoms. The van der Waals surface area contributed by atoms with Crippen LogP contribution in [0.5, 0.6) is 17.2 Å². The molecule has 1 fully saturated rings. The smallest absolute Gasteiger partial charge is 0.338 e. The van der Waals surface area contributed by atoms with Gasteiger partial charge < -0.3 is 39.5 Å². The van der Waals surface area contributed by atoms with Crippen LogP contribution in [-0.4, -0.2) is 88.1 Å². The molecule has 2 heterocycles. The van der Waals surface area contributed by atoms with Crippen molar-refractivity contribution in [3.05, 3.63) is 63.2 Å². The number of rotatable bonds is 2. The Labute approximate surface area is 234 Å². The number of ether oxygens (including phenoxy) is 3. The molecule has 2 aliphatic heterocycles. The second-order valence-electron chi connectivity index (χ2n) is 11.3. The standard InChI is InChI=1S/C30H29NO10/c1-11-7-8-12-13(17(11)28(38)39-6)9-14-18(22(12)33)24(35)19-16(32)10-15-25(20(19)23(14)34)40-30(3)27(37)21(31(4)5)26(36)29(15,2)41-30/h7-10,21,26-27,32-33,36-37H,1-6H3/t21-,26+,27+,29-,30+/m1/s1. The van der Waals surface area contributed by atoms with Gasteiger partial charge in [0, 0.05) is 28.8 Å². The number of aliphatic hydroxyl groups excluding tert-OH is 2. The SMILES string of the molecule is COC(=O)c1c(C)ccc2c(O)c3c(cc12)C(=O)c1c2c(cc(O)c1C3=O)[C@@]1(C)O[C@](C)(O2)[C@@H](O)[C@H](N(C)C)[C@@H]1O. The van der Waals surface area contributed by atoms with Crippen molar-refractivity contribution in [1.82, 2.24) is 4.90 Å². The number of carbonyl (C=O) groups is 3. The van der Waals surface area contributed by atoms with E-state index in [1.165, 1.54) is 32.2 Å². The zero-order valence-corrected chi connectivity index (χ0v) is 23.2. The maximum Gasteiger partial charge on any atom is 0.338 e. The highest BCUT2D eigenvalue weighted by molar-refractivity contribution is 6.33. The molecule has 3 aliphatic rings. The number of benzene rings is 3. The van der Waals surface area contributed by atoms with Crippen LogP contribution in [0.25, 0.3) is 10.8 Å². The summed E-state index contributed by atoms with van der Waals surface area (Å²) in [6.45, 7) is 4.69. The number of carbonyl (C=O) groups excluding carboxylic acids is 3. The Morgan fingerprint density at radius 2 is 1.66 bits per heavy atom. The minimum absolute atomic E-state index is 0.109. The molecule has 1 aliphatic carbocycles. The van der Waals surface area contributed by atoms with Crippen molar-refractivity contribution in [3.63, 3.8) is 0 Å². The molecule has 11 heteroatoms. The topological polar surface area (TPSA) is 163 Å². The Hall–Kier alpha value is -4.03. The predicted octanol–water partition coefficient (Wildman–Crippen LogP) is 2.13. The lowest BCUT2D eigenvalue weighted by molar-refractivity contribution is -0.363. The highest BCUT2D eigenvalue weighted by atomic mass is 16.7. The maximum atomic E-state index is 14.2. The van der Waals surface area contributed by atoms with Crippen molar-refractivity contribution in [2.75, 3.05) is 21.2 Å². The molecule has 0 amide bonds. The quantitative estimate of drug-likeness (QED) is 0.264. The average molecular weight is 564 g/mol. The number of aliphatic hydroxyl groups is 2. The fourth-order valence-corrected chi connectivity index (χ4v) is 6.59. The molecule has 41 heavy (non-hydrogen) atoms. The summed E-state index contributed by atoms with van der Waals surface area (Å²) in [5.41, 5.74) is -2.04. The molecule has 0 unspecified atom stereocenters. The van der Waals surface area contributed by atoms with E-state index in [0.29, 0.717) is 5.56 Å². The Morgan fingerprint density at radius 3 is 2.29 bits per heavy atom. The summed E-state index contributed by atoms with van der Waals surface area (Å²) in [5.74, 6) is -5.27.